The van der Waals surface area contributed by atoms with Gasteiger partial charge in [0.2, 0.25) is 5.91 Å². The van der Waals surface area contributed by atoms with Crippen molar-refractivity contribution >= 4 is 17.4 Å². The predicted molar refractivity (Wildman–Crippen MR) is 81.7 cm³/mol. The van der Waals surface area contributed by atoms with E-state index >= 15 is 0 Å². The molecule has 1 aromatic heterocycles. The van der Waals surface area contributed by atoms with Gasteiger partial charge in [0.25, 0.3) is 0 Å². The molecule has 3 N–H and O–H groups in total. The number of carbonyl (C=O) groups excluding carboxylic acids is 1. The average molecular weight is 276 g/mol. The summed E-state index contributed by atoms with van der Waals surface area (Å²) >= 11 is 0. The standard InChI is InChI=1S/C15H24N4O/c1-19(2)14-8-7-13(10-17-14)18-15(20)12-5-3-11(9-16)4-6-12/h7-8,10-12H,3-6,9,16H2,1-2H3,(H,18,20). The molecule has 1 aliphatic rings. The highest BCUT2D eigenvalue weighted by atomic mass is 16.1. The van der Waals surface area contributed by atoms with Crippen LogP contribution in [-0.2, 0) is 4.79 Å². The van der Waals surface area contributed by atoms with Gasteiger partial charge in [0.15, 0.2) is 0 Å². The number of rotatable bonds is 4. The van der Waals surface area contributed by atoms with Crippen molar-refractivity contribution in [3.63, 3.8) is 0 Å². The Balaban J connectivity index is 1.88. The van der Waals surface area contributed by atoms with E-state index in [1.165, 1.54) is 0 Å². The summed E-state index contributed by atoms with van der Waals surface area (Å²) in [6, 6.07) is 3.80. The lowest BCUT2D eigenvalue weighted by atomic mass is 9.81. The molecule has 0 unspecified atom stereocenters. The zero-order valence-electron chi connectivity index (χ0n) is 12.3. The summed E-state index contributed by atoms with van der Waals surface area (Å²) in [5, 5.41) is 2.96. The van der Waals surface area contributed by atoms with Crippen LogP contribution in [0.1, 0.15) is 25.7 Å². The van der Waals surface area contributed by atoms with Crippen LogP contribution in [0.25, 0.3) is 0 Å². The molecule has 1 heterocycles. The molecule has 110 valence electrons. The molecule has 0 aliphatic heterocycles. The van der Waals surface area contributed by atoms with Gasteiger partial charge in [-0.25, -0.2) is 4.98 Å². The van der Waals surface area contributed by atoms with Gasteiger partial charge in [0.05, 0.1) is 11.9 Å². The number of pyridine rings is 1. The number of anilines is 2. The largest absolute Gasteiger partial charge is 0.363 e. The van der Waals surface area contributed by atoms with Crippen molar-refractivity contribution in [1.29, 1.82) is 0 Å². The van der Waals surface area contributed by atoms with E-state index in [-0.39, 0.29) is 11.8 Å². The molecule has 1 amide bonds. The molecule has 0 aromatic carbocycles. The maximum absolute atomic E-state index is 12.2. The van der Waals surface area contributed by atoms with E-state index in [4.69, 9.17) is 5.73 Å². The van der Waals surface area contributed by atoms with E-state index in [0.29, 0.717) is 5.92 Å². The molecular formula is C15H24N4O. The summed E-state index contributed by atoms with van der Waals surface area (Å²) in [5.41, 5.74) is 6.44. The molecule has 1 fully saturated rings. The number of nitrogens with zero attached hydrogens (tertiary/aromatic N) is 2. The first-order valence-corrected chi connectivity index (χ1v) is 7.24. The van der Waals surface area contributed by atoms with Crippen LogP contribution < -0.4 is 16.0 Å². The van der Waals surface area contributed by atoms with Crippen molar-refractivity contribution < 1.29 is 4.79 Å². The Morgan fingerprint density at radius 3 is 2.55 bits per heavy atom. The Labute approximate surface area is 120 Å². The zero-order chi connectivity index (χ0) is 14.5. The number of hydrogen-bond donors (Lipinski definition) is 2. The molecule has 0 radical (unpaired) electrons. The molecule has 1 aliphatic carbocycles. The van der Waals surface area contributed by atoms with Gasteiger partial charge in [-0.05, 0) is 50.3 Å². The highest BCUT2D eigenvalue weighted by Gasteiger charge is 2.25. The van der Waals surface area contributed by atoms with Crippen molar-refractivity contribution in [2.75, 3.05) is 30.9 Å². The van der Waals surface area contributed by atoms with Crippen LogP contribution in [0.5, 0.6) is 0 Å². The van der Waals surface area contributed by atoms with Crippen LogP contribution in [0.4, 0.5) is 11.5 Å². The molecular weight excluding hydrogens is 252 g/mol. The summed E-state index contributed by atoms with van der Waals surface area (Å²) < 4.78 is 0. The summed E-state index contributed by atoms with van der Waals surface area (Å²) in [5.74, 6) is 1.71. The van der Waals surface area contributed by atoms with Gasteiger partial charge < -0.3 is 16.0 Å². The van der Waals surface area contributed by atoms with Gasteiger partial charge in [-0.15, -0.1) is 0 Å². The minimum Gasteiger partial charge on any atom is -0.363 e. The van der Waals surface area contributed by atoms with Gasteiger partial charge >= 0.3 is 0 Å². The van der Waals surface area contributed by atoms with Crippen molar-refractivity contribution in [2.24, 2.45) is 17.6 Å². The molecule has 5 heteroatoms. The Morgan fingerprint density at radius 1 is 1.35 bits per heavy atom. The van der Waals surface area contributed by atoms with Crippen LogP contribution in [0.2, 0.25) is 0 Å². The van der Waals surface area contributed by atoms with E-state index in [9.17, 15) is 4.79 Å². The van der Waals surface area contributed by atoms with Crippen LogP contribution in [-0.4, -0.2) is 31.5 Å². The van der Waals surface area contributed by atoms with E-state index in [1.807, 2.05) is 31.1 Å². The minimum absolute atomic E-state index is 0.111. The van der Waals surface area contributed by atoms with Crippen molar-refractivity contribution in [3.8, 4) is 0 Å². The van der Waals surface area contributed by atoms with E-state index in [1.54, 1.807) is 6.20 Å². The monoisotopic (exact) mass is 276 g/mol. The normalized spacial score (nSPS) is 22.4. The summed E-state index contributed by atoms with van der Waals surface area (Å²) in [6.45, 7) is 0.740. The summed E-state index contributed by atoms with van der Waals surface area (Å²) in [6.07, 6.45) is 5.71. The fourth-order valence-electron chi connectivity index (χ4n) is 2.63. The van der Waals surface area contributed by atoms with Gasteiger partial charge in [0.1, 0.15) is 5.82 Å². The second-order valence-electron chi connectivity index (χ2n) is 5.74. The van der Waals surface area contributed by atoms with Crippen LogP contribution in [0.3, 0.4) is 0 Å². The number of nitrogens with one attached hydrogen (secondary N) is 1. The smallest absolute Gasteiger partial charge is 0.227 e. The number of carbonyl (C=O) groups is 1. The lowest BCUT2D eigenvalue weighted by Crippen LogP contribution is -2.29. The molecule has 0 atom stereocenters. The molecule has 0 spiro atoms. The van der Waals surface area contributed by atoms with Crippen LogP contribution >= 0.6 is 0 Å². The molecule has 20 heavy (non-hydrogen) atoms. The molecule has 1 saturated carbocycles. The molecule has 0 bridgehead atoms. The lowest BCUT2D eigenvalue weighted by Gasteiger charge is -2.26. The number of amides is 1. The van der Waals surface area contributed by atoms with Crippen LogP contribution in [0.15, 0.2) is 18.3 Å². The number of hydrogen-bond acceptors (Lipinski definition) is 4. The first-order chi connectivity index (χ1) is 9.60. The molecule has 1 aromatic rings. The van der Waals surface area contributed by atoms with Crippen molar-refractivity contribution in [1.82, 2.24) is 4.98 Å². The van der Waals surface area contributed by atoms with Crippen molar-refractivity contribution in [3.05, 3.63) is 18.3 Å². The quantitative estimate of drug-likeness (QED) is 0.880. The third-order valence-electron chi connectivity index (χ3n) is 4.02. The second-order valence-corrected chi connectivity index (χ2v) is 5.74. The highest BCUT2D eigenvalue weighted by molar-refractivity contribution is 5.92. The third-order valence-corrected chi connectivity index (χ3v) is 4.02. The average Bonchev–Trinajstić information content (AvgIpc) is 2.48. The highest BCUT2D eigenvalue weighted by Crippen LogP contribution is 2.29. The van der Waals surface area contributed by atoms with Crippen LogP contribution in [0, 0.1) is 11.8 Å². The SMILES string of the molecule is CN(C)c1ccc(NC(=O)C2CCC(CN)CC2)cn1. The summed E-state index contributed by atoms with van der Waals surface area (Å²) in [7, 11) is 3.88. The van der Waals surface area contributed by atoms with E-state index < -0.39 is 0 Å². The zero-order valence-corrected chi connectivity index (χ0v) is 12.3. The minimum atomic E-state index is 0.111. The first-order valence-electron chi connectivity index (χ1n) is 7.24. The lowest BCUT2D eigenvalue weighted by molar-refractivity contribution is -0.121. The van der Waals surface area contributed by atoms with Gasteiger partial charge in [-0.1, -0.05) is 0 Å². The number of aromatic nitrogens is 1. The summed E-state index contributed by atoms with van der Waals surface area (Å²) in [4.78, 5) is 18.4. The third kappa shape index (κ3) is 3.70. The Bertz CT molecular complexity index is 436. The molecule has 0 saturated heterocycles. The van der Waals surface area contributed by atoms with Gasteiger partial charge in [-0.2, -0.15) is 0 Å². The maximum atomic E-state index is 12.2. The topological polar surface area (TPSA) is 71.2 Å². The van der Waals surface area contributed by atoms with Gasteiger partial charge in [0, 0.05) is 20.0 Å². The fraction of sp³-hybridized carbons (Fsp3) is 0.600. The number of nitrogens with two attached hydrogens (primary N) is 1. The Morgan fingerprint density at radius 2 is 2.05 bits per heavy atom. The maximum Gasteiger partial charge on any atom is 0.227 e. The first kappa shape index (κ1) is 14.8. The molecule has 2 rings (SSSR count). The fourth-order valence-corrected chi connectivity index (χ4v) is 2.63. The Kier molecular flexibility index (Phi) is 4.95. The molecule has 5 nitrogen and oxygen atoms in total. The van der Waals surface area contributed by atoms with E-state index in [2.05, 4.69) is 10.3 Å². The van der Waals surface area contributed by atoms with E-state index in [0.717, 1.165) is 43.7 Å². The predicted octanol–water partition coefficient (Wildman–Crippen LogP) is 1.85. The van der Waals surface area contributed by atoms with Gasteiger partial charge in [-0.3, -0.25) is 4.79 Å². The second kappa shape index (κ2) is 6.70. The Hall–Kier alpha value is -1.62. The van der Waals surface area contributed by atoms with Crippen molar-refractivity contribution in [2.45, 2.75) is 25.7 Å².